The first-order valence-corrected chi connectivity index (χ1v) is 6.95. The molecule has 1 saturated heterocycles. The molecule has 0 atom stereocenters. The summed E-state index contributed by atoms with van der Waals surface area (Å²) in [7, 11) is 2.04. The maximum absolute atomic E-state index is 9.33. The van der Waals surface area contributed by atoms with Crippen LogP contribution in [0, 0.1) is 0 Å². The molecule has 2 aromatic rings. The Labute approximate surface area is 119 Å². The monoisotopic (exact) mass is 272 g/mol. The van der Waals surface area contributed by atoms with E-state index in [-0.39, 0.29) is 0 Å². The number of imidazole rings is 1. The zero-order valence-corrected chi connectivity index (χ0v) is 11.7. The summed E-state index contributed by atoms with van der Waals surface area (Å²) in [5, 5.41) is 9.33. The molecule has 1 aromatic heterocycles. The SMILES string of the molecule is Cn1ccnc1CN1CCN(c2ccc(O)cc2)CC1. The minimum absolute atomic E-state index is 0.321. The van der Waals surface area contributed by atoms with Crippen LogP contribution in [0.3, 0.4) is 0 Å². The van der Waals surface area contributed by atoms with Crippen LogP contribution in [0.1, 0.15) is 5.82 Å². The second-order valence-electron chi connectivity index (χ2n) is 5.23. The van der Waals surface area contributed by atoms with Crippen LogP contribution in [0.25, 0.3) is 0 Å². The van der Waals surface area contributed by atoms with Gasteiger partial charge in [0.2, 0.25) is 0 Å². The topological polar surface area (TPSA) is 44.5 Å². The van der Waals surface area contributed by atoms with Gasteiger partial charge in [0, 0.05) is 51.3 Å². The first-order valence-electron chi connectivity index (χ1n) is 6.95. The number of rotatable bonds is 3. The van der Waals surface area contributed by atoms with Crippen molar-refractivity contribution < 1.29 is 5.11 Å². The molecule has 1 N–H and O–H groups in total. The van der Waals surface area contributed by atoms with Gasteiger partial charge in [-0.25, -0.2) is 4.98 Å². The molecule has 0 spiro atoms. The van der Waals surface area contributed by atoms with Gasteiger partial charge in [-0.3, -0.25) is 4.90 Å². The van der Waals surface area contributed by atoms with Crippen LogP contribution in [0.2, 0.25) is 0 Å². The quantitative estimate of drug-likeness (QED) is 0.918. The number of anilines is 1. The number of phenols is 1. The second kappa shape index (κ2) is 5.54. The van der Waals surface area contributed by atoms with E-state index in [9.17, 15) is 5.11 Å². The van der Waals surface area contributed by atoms with Crippen LogP contribution in [0.5, 0.6) is 5.75 Å². The maximum Gasteiger partial charge on any atom is 0.122 e. The van der Waals surface area contributed by atoms with Crippen molar-refractivity contribution in [2.45, 2.75) is 6.54 Å². The van der Waals surface area contributed by atoms with Gasteiger partial charge in [0.15, 0.2) is 0 Å². The Bertz CT molecular complexity index is 556. The third kappa shape index (κ3) is 2.77. The van der Waals surface area contributed by atoms with Crippen molar-refractivity contribution in [3.63, 3.8) is 0 Å². The molecule has 1 fully saturated rings. The number of nitrogens with zero attached hydrogens (tertiary/aromatic N) is 4. The lowest BCUT2D eigenvalue weighted by Crippen LogP contribution is -2.46. The average molecular weight is 272 g/mol. The fourth-order valence-corrected chi connectivity index (χ4v) is 2.58. The van der Waals surface area contributed by atoms with Crippen molar-refractivity contribution >= 4 is 5.69 Å². The molecule has 0 aliphatic carbocycles. The number of piperazine rings is 1. The van der Waals surface area contributed by atoms with Crippen molar-refractivity contribution in [1.29, 1.82) is 0 Å². The molecule has 1 aromatic carbocycles. The van der Waals surface area contributed by atoms with Crippen LogP contribution >= 0.6 is 0 Å². The molecular formula is C15H20N4O. The minimum Gasteiger partial charge on any atom is -0.508 e. The lowest BCUT2D eigenvalue weighted by Gasteiger charge is -2.35. The Kier molecular flexibility index (Phi) is 3.60. The summed E-state index contributed by atoms with van der Waals surface area (Å²) in [6.45, 7) is 5.00. The molecule has 5 nitrogen and oxygen atoms in total. The molecule has 5 heteroatoms. The van der Waals surface area contributed by atoms with E-state index < -0.39 is 0 Å². The van der Waals surface area contributed by atoms with E-state index in [1.165, 1.54) is 5.69 Å². The van der Waals surface area contributed by atoms with Gasteiger partial charge in [-0.05, 0) is 24.3 Å². The van der Waals surface area contributed by atoms with E-state index in [2.05, 4.69) is 19.4 Å². The Morgan fingerprint density at radius 3 is 2.40 bits per heavy atom. The van der Waals surface area contributed by atoms with Crippen molar-refractivity contribution in [3.05, 3.63) is 42.5 Å². The van der Waals surface area contributed by atoms with Crippen molar-refractivity contribution in [2.24, 2.45) is 7.05 Å². The van der Waals surface area contributed by atoms with Gasteiger partial charge in [0.05, 0.1) is 6.54 Å². The van der Waals surface area contributed by atoms with Gasteiger partial charge in [-0.2, -0.15) is 0 Å². The van der Waals surface area contributed by atoms with Crippen LogP contribution in [-0.2, 0) is 13.6 Å². The normalized spacial score (nSPS) is 16.6. The molecule has 1 aliphatic heterocycles. The first-order chi connectivity index (χ1) is 9.72. The highest BCUT2D eigenvalue weighted by Gasteiger charge is 2.18. The molecular weight excluding hydrogens is 252 g/mol. The van der Waals surface area contributed by atoms with Gasteiger partial charge in [-0.15, -0.1) is 0 Å². The van der Waals surface area contributed by atoms with Gasteiger partial charge in [0.25, 0.3) is 0 Å². The van der Waals surface area contributed by atoms with Crippen molar-refractivity contribution in [3.8, 4) is 5.75 Å². The summed E-state index contributed by atoms with van der Waals surface area (Å²) in [6.07, 6.45) is 3.84. The van der Waals surface area contributed by atoms with Crippen LogP contribution < -0.4 is 4.90 Å². The highest BCUT2D eigenvalue weighted by molar-refractivity contribution is 5.49. The third-order valence-corrected chi connectivity index (χ3v) is 3.87. The Morgan fingerprint density at radius 2 is 1.80 bits per heavy atom. The van der Waals surface area contributed by atoms with E-state index in [4.69, 9.17) is 0 Å². The third-order valence-electron chi connectivity index (χ3n) is 3.87. The first kappa shape index (κ1) is 13.0. The molecule has 1 aliphatic rings. The predicted molar refractivity (Wildman–Crippen MR) is 78.8 cm³/mol. The maximum atomic E-state index is 9.33. The lowest BCUT2D eigenvalue weighted by molar-refractivity contribution is 0.242. The smallest absolute Gasteiger partial charge is 0.122 e. The number of hydrogen-bond acceptors (Lipinski definition) is 4. The number of benzene rings is 1. The predicted octanol–water partition coefficient (Wildman–Crippen LogP) is 1.45. The molecule has 2 heterocycles. The number of aryl methyl sites for hydroxylation is 1. The van der Waals surface area contributed by atoms with E-state index in [0.29, 0.717) is 5.75 Å². The number of phenolic OH excluding ortho intramolecular Hbond substituents is 1. The van der Waals surface area contributed by atoms with E-state index in [1.54, 1.807) is 12.1 Å². The van der Waals surface area contributed by atoms with E-state index in [1.807, 2.05) is 31.6 Å². The van der Waals surface area contributed by atoms with E-state index in [0.717, 1.165) is 38.5 Å². The van der Waals surface area contributed by atoms with Crippen LogP contribution in [-0.4, -0.2) is 45.7 Å². The standard InChI is InChI=1S/C15H20N4O/c1-17-7-6-16-15(17)12-18-8-10-19(11-9-18)13-2-4-14(20)5-3-13/h2-7,20H,8-12H2,1H3. The molecule has 106 valence electrons. The summed E-state index contributed by atoms with van der Waals surface area (Å²) in [6, 6.07) is 7.44. The van der Waals surface area contributed by atoms with Crippen LogP contribution in [0.4, 0.5) is 5.69 Å². The number of aromatic nitrogens is 2. The molecule has 0 amide bonds. The summed E-state index contributed by atoms with van der Waals surface area (Å²) >= 11 is 0. The van der Waals surface area contributed by atoms with E-state index >= 15 is 0 Å². The van der Waals surface area contributed by atoms with Gasteiger partial charge in [0.1, 0.15) is 11.6 Å². The highest BCUT2D eigenvalue weighted by Crippen LogP contribution is 2.20. The van der Waals surface area contributed by atoms with Crippen molar-refractivity contribution in [1.82, 2.24) is 14.5 Å². The number of hydrogen-bond donors (Lipinski definition) is 1. The fraction of sp³-hybridized carbons (Fsp3) is 0.400. The van der Waals surface area contributed by atoms with Crippen LogP contribution in [0.15, 0.2) is 36.7 Å². The Morgan fingerprint density at radius 1 is 1.10 bits per heavy atom. The summed E-state index contributed by atoms with van der Waals surface area (Å²) in [5.74, 6) is 1.44. The zero-order valence-electron chi connectivity index (χ0n) is 11.7. The zero-order chi connectivity index (χ0) is 13.9. The van der Waals surface area contributed by atoms with Crippen molar-refractivity contribution in [2.75, 3.05) is 31.1 Å². The molecule has 0 unspecified atom stereocenters. The summed E-state index contributed by atoms with van der Waals surface area (Å²) in [5.41, 5.74) is 1.18. The second-order valence-corrected chi connectivity index (χ2v) is 5.23. The number of aromatic hydroxyl groups is 1. The Hall–Kier alpha value is -2.01. The average Bonchev–Trinajstić information content (AvgIpc) is 2.86. The van der Waals surface area contributed by atoms with Gasteiger partial charge < -0.3 is 14.6 Å². The fourth-order valence-electron chi connectivity index (χ4n) is 2.58. The highest BCUT2D eigenvalue weighted by atomic mass is 16.3. The molecule has 20 heavy (non-hydrogen) atoms. The summed E-state index contributed by atoms with van der Waals surface area (Å²) < 4.78 is 2.08. The minimum atomic E-state index is 0.321. The molecule has 0 saturated carbocycles. The largest absolute Gasteiger partial charge is 0.508 e. The molecule has 3 rings (SSSR count). The summed E-state index contributed by atoms with van der Waals surface area (Å²) in [4.78, 5) is 9.16. The van der Waals surface area contributed by atoms with Gasteiger partial charge in [-0.1, -0.05) is 0 Å². The Balaban J connectivity index is 1.57. The van der Waals surface area contributed by atoms with Gasteiger partial charge >= 0.3 is 0 Å². The lowest BCUT2D eigenvalue weighted by atomic mass is 10.2. The molecule has 0 radical (unpaired) electrons. The molecule has 0 bridgehead atoms.